The van der Waals surface area contributed by atoms with Gasteiger partial charge in [-0.15, -0.1) is 0 Å². The summed E-state index contributed by atoms with van der Waals surface area (Å²) >= 11 is 0. The maximum atomic E-state index is 13.9. The molecule has 1 heterocycles. The van der Waals surface area contributed by atoms with Crippen LogP contribution in [-0.2, 0) is 4.79 Å². The fourth-order valence-corrected chi connectivity index (χ4v) is 2.75. The number of hydrogen-bond acceptors (Lipinski definition) is 2. The Morgan fingerprint density at radius 1 is 1.00 bits per heavy atom. The number of nitrogens with zero attached hydrogens (tertiary/aromatic N) is 1. The van der Waals surface area contributed by atoms with Crippen molar-refractivity contribution in [1.82, 2.24) is 0 Å². The summed E-state index contributed by atoms with van der Waals surface area (Å²) in [7, 11) is 0. The van der Waals surface area contributed by atoms with Crippen LogP contribution in [0.1, 0.15) is 62.2 Å². The molecule has 1 aromatic rings. The lowest BCUT2D eigenvalue weighted by molar-refractivity contribution is -0.114. The summed E-state index contributed by atoms with van der Waals surface area (Å²) in [5.74, 6) is -1.68. The molecule has 4 heteroatoms. The van der Waals surface area contributed by atoms with E-state index in [9.17, 15) is 14.0 Å². The molecule has 0 unspecified atom stereocenters. The fourth-order valence-electron chi connectivity index (χ4n) is 2.75. The van der Waals surface area contributed by atoms with E-state index < -0.39 is 17.5 Å². The SMILES string of the molecule is CCCCCCCCCN1C(=O)C(=O)c2cccc(F)c21. The monoisotopic (exact) mass is 291 g/mol. The number of amides is 1. The Bertz CT molecular complexity index is 528. The second kappa shape index (κ2) is 7.34. The molecule has 2 rings (SSSR count). The van der Waals surface area contributed by atoms with Crippen molar-refractivity contribution >= 4 is 17.4 Å². The summed E-state index contributed by atoms with van der Waals surface area (Å²) in [5, 5.41) is 0. The van der Waals surface area contributed by atoms with Crippen molar-refractivity contribution in [2.45, 2.75) is 51.9 Å². The number of unbranched alkanes of at least 4 members (excludes halogenated alkanes) is 6. The normalized spacial score (nSPS) is 13.9. The van der Waals surface area contributed by atoms with Crippen LogP contribution < -0.4 is 4.90 Å². The number of rotatable bonds is 8. The van der Waals surface area contributed by atoms with E-state index in [1.54, 1.807) is 0 Å². The smallest absolute Gasteiger partial charge is 0.299 e. The molecule has 0 radical (unpaired) electrons. The van der Waals surface area contributed by atoms with Crippen LogP contribution in [0.4, 0.5) is 10.1 Å². The largest absolute Gasteiger partial charge is 0.302 e. The summed E-state index contributed by atoms with van der Waals surface area (Å²) in [6, 6.07) is 4.28. The molecule has 1 amide bonds. The zero-order valence-corrected chi connectivity index (χ0v) is 12.5. The Morgan fingerprint density at radius 3 is 2.38 bits per heavy atom. The van der Waals surface area contributed by atoms with E-state index in [1.807, 2.05) is 0 Å². The first-order valence-corrected chi connectivity index (χ1v) is 7.81. The van der Waals surface area contributed by atoms with Crippen LogP contribution in [0.2, 0.25) is 0 Å². The molecule has 1 aliphatic heterocycles. The molecule has 0 aliphatic carbocycles. The van der Waals surface area contributed by atoms with E-state index in [-0.39, 0.29) is 11.3 Å². The molecular weight excluding hydrogens is 269 g/mol. The third kappa shape index (κ3) is 3.49. The highest BCUT2D eigenvalue weighted by atomic mass is 19.1. The van der Waals surface area contributed by atoms with Crippen molar-refractivity contribution in [3.63, 3.8) is 0 Å². The van der Waals surface area contributed by atoms with Gasteiger partial charge in [-0.1, -0.05) is 51.5 Å². The van der Waals surface area contributed by atoms with Crippen molar-refractivity contribution in [2.24, 2.45) is 0 Å². The Hall–Kier alpha value is -1.71. The highest BCUT2D eigenvalue weighted by Crippen LogP contribution is 2.31. The van der Waals surface area contributed by atoms with Crippen molar-refractivity contribution in [1.29, 1.82) is 0 Å². The Morgan fingerprint density at radius 2 is 1.67 bits per heavy atom. The minimum atomic E-state index is -0.596. The van der Waals surface area contributed by atoms with Gasteiger partial charge in [0.1, 0.15) is 5.82 Å². The number of carbonyl (C=O) groups is 2. The molecule has 0 saturated carbocycles. The topological polar surface area (TPSA) is 37.4 Å². The zero-order valence-electron chi connectivity index (χ0n) is 12.5. The minimum absolute atomic E-state index is 0.165. The highest BCUT2D eigenvalue weighted by molar-refractivity contribution is 6.52. The molecule has 0 fully saturated rings. The minimum Gasteiger partial charge on any atom is -0.302 e. The predicted molar refractivity (Wildman–Crippen MR) is 81.1 cm³/mol. The van der Waals surface area contributed by atoms with Crippen LogP contribution in [0.5, 0.6) is 0 Å². The lowest BCUT2D eigenvalue weighted by Crippen LogP contribution is -2.31. The van der Waals surface area contributed by atoms with Gasteiger partial charge in [0.05, 0.1) is 11.3 Å². The molecule has 0 aromatic heterocycles. The summed E-state index contributed by atoms with van der Waals surface area (Å²) in [5.41, 5.74) is 0.362. The number of carbonyl (C=O) groups excluding carboxylic acids is 2. The summed E-state index contributed by atoms with van der Waals surface area (Å²) in [6.45, 7) is 2.61. The maximum Gasteiger partial charge on any atom is 0.299 e. The van der Waals surface area contributed by atoms with Gasteiger partial charge in [0.25, 0.3) is 11.7 Å². The maximum absolute atomic E-state index is 13.9. The highest BCUT2D eigenvalue weighted by Gasteiger charge is 2.37. The van der Waals surface area contributed by atoms with Crippen molar-refractivity contribution < 1.29 is 14.0 Å². The van der Waals surface area contributed by atoms with Gasteiger partial charge in [0.15, 0.2) is 0 Å². The van der Waals surface area contributed by atoms with Crippen molar-refractivity contribution in [3.05, 3.63) is 29.6 Å². The van der Waals surface area contributed by atoms with E-state index in [2.05, 4.69) is 6.92 Å². The third-order valence-electron chi connectivity index (χ3n) is 3.93. The number of benzene rings is 1. The quantitative estimate of drug-likeness (QED) is 0.534. The average Bonchev–Trinajstić information content (AvgIpc) is 2.72. The van der Waals surface area contributed by atoms with Gasteiger partial charge in [0, 0.05) is 6.54 Å². The molecule has 0 atom stereocenters. The standard InChI is InChI=1S/C17H22FNO2/c1-2-3-4-5-6-7-8-12-19-15-13(16(20)17(19)21)10-9-11-14(15)18/h9-11H,2-8,12H2,1H3. The zero-order chi connectivity index (χ0) is 15.2. The van der Waals surface area contributed by atoms with Crippen molar-refractivity contribution in [3.8, 4) is 0 Å². The molecule has 114 valence electrons. The molecule has 0 N–H and O–H groups in total. The number of fused-ring (bicyclic) bond motifs is 1. The fraction of sp³-hybridized carbons (Fsp3) is 0.529. The Labute approximate surface area is 125 Å². The Kier molecular flexibility index (Phi) is 5.48. The Balaban J connectivity index is 1.87. The third-order valence-corrected chi connectivity index (χ3v) is 3.93. The van der Waals surface area contributed by atoms with Gasteiger partial charge in [-0.3, -0.25) is 9.59 Å². The van der Waals surface area contributed by atoms with Crippen molar-refractivity contribution in [2.75, 3.05) is 11.4 Å². The summed E-state index contributed by atoms with van der Waals surface area (Å²) < 4.78 is 13.9. The molecule has 0 spiro atoms. The summed E-state index contributed by atoms with van der Waals surface area (Å²) in [4.78, 5) is 25.0. The number of ketones is 1. The number of hydrogen-bond donors (Lipinski definition) is 0. The van der Waals surface area contributed by atoms with Gasteiger partial charge in [-0.25, -0.2) is 4.39 Å². The number of Topliss-reactive ketones (excluding diaryl/α,β-unsaturated/α-hetero) is 1. The first-order valence-electron chi connectivity index (χ1n) is 7.81. The molecule has 0 saturated heterocycles. The van der Waals surface area contributed by atoms with E-state index in [4.69, 9.17) is 0 Å². The second-order valence-corrected chi connectivity index (χ2v) is 5.54. The first-order chi connectivity index (χ1) is 10.2. The number of anilines is 1. The summed E-state index contributed by atoms with van der Waals surface area (Å²) in [6.07, 6.45) is 7.86. The van der Waals surface area contributed by atoms with Crippen LogP contribution in [-0.4, -0.2) is 18.2 Å². The number of para-hydroxylation sites is 1. The van der Waals surface area contributed by atoms with Gasteiger partial charge >= 0.3 is 0 Å². The predicted octanol–water partition coefficient (Wildman–Crippen LogP) is 4.11. The van der Waals surface area contributed by atoms with Crippen LogP contribution in [0.3, 0.4) is 0 Å². The van der Waals surface area contributed by atoms with E-state index in [1.165, 1.54) is 48.8 Å². The van der Waals surface area contributed by atoms with Gasteiger partial charge in [0.2, 0.25) is 0 Å². The van der Waals surface area contributed by atoms with Gasteiger partial charge in [-0.05, 0) is 18.6 Å². The average molecular weight is 291 g/mol. The van der Waals surface area contributed by atoms with Crippen LogP contribution >= 0.6 is 0 Å². The molecular formula is C17H22FNO2. The molecule has 3 nitrogen and oxygen atoms in total. The molecule has 1 aromatic carbocycles. The van der Waals surface area contributed by atoms with E-state index in [0.29, 0.717) is 6.54 Å². The molecule has 21 heavy (non-hydrogen) atoms. The lowest BCUT2D eigenvalue weighted by atomic mass is 10.1. The number of halogens is 1. The van der Waals surface area contributed by atoms with E-state index in [0.717, 1.165) is 19.3 Å². The van der Waals surface area contributed by atoms with Gasteiger partial charge < -0.3 is 4.90 Å². The lowest BCUT2D eigenvalue weighted by Gasteiger charge is -2.16. The van der Waals surface area contributed by atoms with Crippen LogP contribution in [0, 0.1) is 5.82 Å². The van der Waals surface area contributed by atoms with E-state index >= 15 is 0 Å². The van der Waals surface area contributed by atoms with Crippen LogP contribution in [0.15, 0.2) is 18.2 Å². The van der Waals surface area contributed by atoms with Gasteiger partial charge in [-0.2, -0.15) is 0 Å². The first kappa shape index (κ1) is 15.7. The van der Waals surface area contributed by atoms with Crippen LogP contribution in [0.25, 0.3) is 0 Å². The molecule has 0 bridgehead atoms. The molecule has 1 aliphatic rings. The second-order valence-electron chi connectivity index (χ2n) is 5.54.